The molecule has 3 rings (SSSR count). The topological polar surface area (TPSA) is 53.9 Å². The minimum Gasteiger partial charge on any atom is -0.390 e. The molecular formula is C21H22Cl2FN3O2. The number of nitrogens with one attached hydrogen (secondary N) is 1. The lowest BCUT2D eigenvalue weighted by Crippen LogP contribution is -2.45. The Kier molecular flexibility index (Phi) is 6.98. The van der Waals surface area contributed by atoms with Gasteiger partial charge in [-0.15, -0.1) is 0 Å². The summed E-state index contributed by atoms with van der Waals surface area (Å²) in [5.41, 5.74) is 1.98. The largest absolute Gasteiger partial charge is 0.390 e. The molecule has 0 aliphatic carbocycles. The first-order chi connectivity index (χ1) is 13.8. The highest BCUT2D eigenvalue weighted by Gasteiger charge is 2.27. The van der Waals surface area contributed by atoms with E-state index in [2.05, 4.69) is 10.5 Å². The number of carbonyl (C=O) groups excluding carboxylic acids is 1. The molecule has 2 amide bonds. The van der Waals surface area contributed by atoms with Crippen molar-refractivity contribution in [2.24, 2.45) is 5.16 Å². The molecule has 0 aromatic heterocycles. The van der Waals surface area contributed by atoms with Crippen LogP contribution in [0, 0.1) is 5.82 Å². The molecule has 8 heteroatoms. The van der Waals surface area contributed by atoms with Gasteiger partial charge in [-0.1, -0.05) is 52.6 Å². The zero-order valence-corrected chi connectivity index (χ0v) is 17.7. The average molecular weight is 438 g/mol. The van der Waals surface area contributed by atoms with Crippen LogP contribution in [0.5, 0.6) is 0 Å². The average Bonchev–Trinajstić information content (AvgIpc) is 3.13. The number of nitrogens with zero attached hydrogens (tertiary/aromatic N) is 2. The monoisotopic (exact) mass is 437 g/mol. The number of carbonyl (C=O) groups is 1. The van der Waals surface area contributed by atoms with Crippen molar-refractivity contribution in [3.05, 3.63) is 69.5 Å². The first-order valence-corrected chi connectivity index (χ1v) is 10.1. The standard InChI is InChI=1S/C21H22Cl2FN3O2/c1-13(2)25-21(28)27(11-15-5-3-4-6-19(15)24)12-16-10-20(26-29-16)14-7-8-17(22)18(23)9-14/h3-9,13,16H,10-12H2,1-2H3,(H,25,28)/t16-/m1/s1. The Morgan fingerprint density at radius 2 is 2.03 bits per heavy atom. The second-order valence-electron chi connectivity index (χ2n) is 7.17. The fourth-order valence-electron chi connectivity index (χ4n) is 3.01. The van der Waals surface area contributed by atoms with E-state index in [1.807, 2.05) is 19.9 Å². The van der Waals surface area contributed by atoms with Crippen LogP contribution in [0.25, 0.3) is 0 Å². The molecule has 0 unspecified atom stereocenters. The van der Waals surface area contributed by atoms with Crippen LogP contribution < -0.4 is 5.32 Å². The predicted molar refractivity (Wildman–Crippen MR) is 113 cm³/mol. The summed E-state index contributed by atoms with van der Waals surface area (Å²) in [7, 11) is 0. The van der Waals surface area contributed by atoms with Crippen molar-refractivity contribution in [1.82, 2.24) is 10.2 Å². The molecule has 1 N–H and O–H groups in total. The number of oxime groups is 1. The summed E-state index contributed by atoms with van der Waals surface area (Å²) < 4.78 is 14.1. The number of urea groups is 1. The van der Waals surface area contributed by atoms with Gasteiger partial charge >= 0.3 is 6.03 Å². The van der Waals surface area contributed by atoms with Crippen LogP contribution in [0.3, 0.4) is 0 Å². The zero-order chi connectivity index (χ0) is 21.0. The molecule has 2 aromatic rings. The fourth-order valence-corrected chi connectivity index (χ4v) is 3.31. The number of halogens is 3. The highest BCUT2D eigenvalue weighted by atomic mass is 35.5. The maximum absolute atomic E-state index is 14.1. The quantitative estimate of drug-likeness (QED) is 0.670. The third-order valence-electron chi connectivity index (χ3n) is 4.43. The summed E-state index contributed by atoms with van der Waals surface area (Å²) in [6.07, 6.45) is 0.157. The molecule has 154 valence electrons. The van der Waals surface area contributed by atoms with Crippen LogP contribution in [0.2, 0.25) is 10.0 Å². The van der Waals surface area contributed by atoms with Gasteiger partial charge in [0.15, 0.2) is 6.10 Å². The first-order valence-electron chi connectivity index (χ1n) is 9.30. The molecule has 0 radical (unpaired) electrons. The number of rotatable bonds is 6. The Morgan fingerprint density at radius 3 is 2.72 bits per heavy atom. The van der Waals surface area contributed by atoms with E-state index in [-0.39, 0.29) is 37.1 Å². The molecule has 0 fully saturated rings. The molecule has 0 saturated heterocycles. The van der Waals surface area contributed by atoms with Crippen molar-refractivity contribution >= 4 is 34.9 Å². The third-order valence-corrected chi connectivity index (χ3v) is 5.17. The van der Waals surface area contributed by atoms with Crippen molar-refractivity contribution in [2.45, 2.75) is 39.0 Å². The molecule has 0 saturated carbocycles. The number of hydrogen-bond acceptors (Lipinski definition) is 3. The van der Waals surface area contributed by atoms with Crippen LogP contribution in [-0.2, 0) is 11.4 Å². The van der Waals surface area contributed by atoms with Gasteiger partial charge in [0.25, 0.3) is 0 Å². The SMILES string of the molecule is CC(C)NC(=O)N(Cc1ccccc1F)C[C@H]1CC(c2ccc(Cl)c(Cl)c2)=NO1. The van der Waals surface area contributed by atoms with E-state index in [4.69, 9.17) is 28.0 Å². The van der Waals surface area contributed by atoms with Crippen molar-refractivity contribution in [3.8, 4) is 0 Å². The molecule has 0 spiro atoms. The Morgan fingerprint density at radius 1 is 1.28 bits per heavy atom. The summed E-state index contributed by atoms with van der Waals surface area (Å²) in [4.78, 5) is 19.7. The van der Waals surface area contributed by atoms with E-state index in [1.54, 1.807) is 30.3 Å². The summed E-state index contributed by atoms with van der Waals surface area (Å²) in [6.45, 7) is 4.14. The maximum atomic E-state index is 14.1. The van der Waals surface area contributed by atoms with Crippen molar-refractivity contribution in [3.63, 3.8) is 0 Å². The predicted octanol–water partition coefficient (Wildman–Crippen LogP) is 5.25. The molecule has 1 aliphatic rings. The van der Waals surface area contributed by atoms with Crippen LogP contribution in [0.1, 0.15) is 31.4 Å². The fraction of sp³-hybridized carbons (Fsp3) is 0.333. The molecule has 29 heavy (non-hydrogen) atoms. The van der Waals surface area contributed by atoms with E-state index >= 15 is 0 Å². The molecule has 1 atom stereocenters. The van der Waals surface area contributed by atoms with Crippen LogP contribution in [0.4, 0.5) is 9.18 Å². The second-order valence-corrected chi connectivity index (χ2v) is 7.99. The smallest absolute Gasteiger partial charge is 0.318 e. The lowest BCUT2D eigenvalue weighted by atomic mass is 10.0. The highest BCUT2D eigenvalue weighted by Crippen LogP contribution is 2.26. The molecule has 1 heterocycles. The summed E-state index contributed by atoms with van der Waals surface area (Å²) in [5, 5.41) is 7.89. The van der Waals surface area contributed by atoms with E-state index in [0.717, 1.165) is 11.3 Å². The van der Waals surface area contributed by atoms with Gasteiger partial charge in [0.1, 0.15) is 5.82 Å². The van der Waals surface area contributed by atoms with Gasteiger partial charge in [0, 0.05) is 23.6 Å². The summed E-state index contributed by atoms with van der Waals surface area (Å²) in [5.74, 6) is -0.352. The van der Waals surface area contributed by atoms with Gasteiger partial charge in [0.05, 0.1) is 28.8 Å². The van der Waals surface area contributed by atoms with E-state index in [9.17, 15) is 9.18 Å². The van der Waals surface area contributed by atoms with Gasteiger partial charge in [-0.2, -0.15) is 0 Å². The van der Waals surface area contributed by atoms with Gasteiger partial charge in [-0.05, 0) is 32.0 Å². The van der Waals surface area contributed by atoms with Crippen molar-refractivity contribution < 1.29 is 14.0 Å². The van der Waals surface area contributed by atoms with Crippen LogP contribution in [0.15, 0.2) is 47.6 Å². The van der Waals surface area contributed by atoms with Crippen LogP contribution in [-0.4, -0.2) is 35.3 Å². The van der Waals surface area contributed by atoms with E-state index in [0.29, 0.717) is 22.0 Å². The van der Waals surface area contributed by atoms with E-state index in [1.165, 1.54) is 11.0 Å². The molecule has 1 aliphatic heterocycles. The Hall–Kier alpha value is -2.31. The van der Waals surface area contributed by atoms with Gasteiger partial charge in [0.2, 0.25) is 0 Å². The minimum atomic E-state index is -0.352. The number of amides is 2. The van der Waals surface area contributed by atoms with E-state index < -0.39 is 0 Å². The Bertz CT molecular complexity index is 921. The molecular weight excluding hydrogens is 416 g/mol. The molecule has 0 bridgehead atoms. The number of benzene rings is 2. The second kappa shape index (κ2) is 9.46. The summed E-state index contributed by atoms with van der Waals surface area (Å²) in [6, 6.07) is 11.3. The minimum absolute atomic E-state index is 0.0434. The van der Waals surface area contributed by atoms with Crippen molar-refractivity contribution in [1.29, 1.82) is 0 Å². The van der Waals surface area contributed by atoms with Gasteiger partial charge in [-0.3, -0.25) is 0 Å². The Balaban J connectivity index is 1.70. The normalized spacial score (nSPS) is 15.8. The summed E-state index contributed by atoms with van der Waals surface area (Å²) >= 11 is 12.0. The third kappa shape index (κ3) is 5.61. The number of hydrogen-bond donors (Lipinski definition) is 1. The lowest BCUT2D eigenvalue weighted by molar-refractivity contribution is 0.0584. The molecule has 2 aromatic carbocycles. The van der Waals surface area contributed by atoms with Gasteiger partial charge < -0.3 is 15.1 Å². The zero-order valence-electron chi connectivity index (χ0n) is 16.2. The van der Waals surface area contributed by atoms with Crippen molar-refractivity contribution in [2.75, 3.05) is 6.54 Å². The van der Waals surface area contributed by atoms with Gasteiger partial charge in [-0.25, -0.2) is 9.18 Å². The highest BCUT2D eigenvalue weighted by molar-refractivity contribution is 6.42. The first kappa shape index (κ1) is 21.4. The lowest BCUT2D eigenvalue weighted by Gasteiger charge is -2.26. The molecule has 5 nitrogen and oxygen atoms in total. The Labute approximate surface area is 179 Å². The maximum Gasteiger partial charge on any atom is 0.318 e. The van der Waals surface area contributed by atoms with Crippen LogP contribution >= 0.6 is 23.2 Å².